The summed E-state index contributed by atoms with van der Waals surface area (Å²) in [6, 6.07) is 3.96. The van der Waals surface area contributed by atoms with Gasteiger partial charge >= 0.3 is 6.18 Å². The van der Waals surface area contributed by atoms with Crippen molar-refractivity contribution in [2.24, 2.45) is 0 Å². The fourth-order valence-corrected chi connectivity index (χ4v) is 2.84. The van der Waals surface area contributed by atoms with Crippen molar-refractivity contribution < 1.29 is 17.9 Å². The van der Waals surface area contributed by atoms with Crippen molar-refractivity contribution in [3.63, 3.8) is 0 Å². The Bertz CT molecular complexity index is 458. The molecule has 1 N–H and O–H groups in total. The van der Waals surface area contributed by atoms with E-state index in [2.05, 4.69) is 5.32 Å². The molecule has 1 saturated heterocycles. The van der Waals surface area contributed by atoms with Crippen LogP contribution >= 0.6 is 0 Å². The Morgan fingerprint density at radius 3 is 2.56 bits per heavy atom. The number of fused-ring (bicyclic) bond motifs is 2. The summed E-state index contributed by atoms with van der Waals surface area (Å²) in [5.74, 6) is 0. The van der Waals surface area contributed by atoms with Crippen LogP contribution in [0.2, 0.25) is 0 Å². The maximum atomic E-state index is 12.8. The van der Waals surface area contributed by atoms with Gasteiger partial charge in [-0.1, -0.05) is 6.07 Å². The summed E-state index contributed by atoms with van der Waals surface area (Å²) in [6.07, 6.45) is -2.81. The molecule has 1 spiro atoms. The number of ether oxygens (including phenoxy) is 1. The molecule has 1 aromatic carbocycles. The second kappa shape index (κ2) is 3.96. The summed E-state index contributed by atoms with van der Waals surface area (Å²) < 4.78 is 44.1. The number of halogens is 3. The second-order valence-corrected chi connectivity index (χ2v) is 4.90. The molecule has 0 amide bonds. The van der Waals surface area contributed by atoms with E-state index in [-0.39, 0.29) is 0 Å². The van der Waals surface area contributed by atoms with Gasteiger partial charge in [-0.2, -0.15) is 13.2 Å². The number of hydrogen-bond acceptors (Lipinski definition) is 2. The molecule has 3 rings (SSSR count). The van der Waals surface area contributed by atoms with Crippen LogP contribution in [-0.4, -0.2) is 13.1 Å². The number of hydrogen-bond donors (Lipinski definition) is 1. The van der Waals surface area contributed by atoms with E-state index < -0.39 is 17.3 Å². The molecule has 2 heterocycles. The number of alkyl halides is 3. The smallest absolute Gasteiger partial charge is 0.365 e. The minimum absolute atomic E-state index is 0.424. The first-order valence-electron chi connectivity index (χ1n) is 6.07. The van der Waals surface area contributed by atoms with Crippen LogP contribution in [0, 0.1) is 0 Å². The van der Waals surface area contributed by atoms with E-state index in [1.165, 1.54) is 6.07 Å². The van der Waals surface area contributed by atoms with Gasteiger partial charge in [-0.3, -0.25) is 0 Å². The summed E-state index contributed by atoms with van der Waals surface area (Å²) in [7, 11) is 0. The van der Waals surface area contributed by atoms with Gasteiger partial charge in [-0.25, -0.2) is 0 Å². The van der Waals surface area contributed by atoms with Gasteiger partial charge in [0.2, 0.25) is 0 Å². The Kier molecular flexibility index (Phi) is 2.64. The third kappa shape index (κ3) is 1.82. The summed E-state index contributed by atoms with van der Waals surface area (Å²) >= 11 is 0. The van der Waals surface area contributed by atoms with E-state index in [1.54, 1.807) is 6.07 Å². The van der Waals surface area contributed by atoms with Crippen LogP contribution in [0.4, 0.5) is 13.2 Å². The van der Waals surface area contributed by atoms with Gasteiger partial charge < -0.3 is 10.1 Å². The normalized spacial score (nSPS) is 22.2. The first kappa shape index (κ1) is 12.0. The molecule has 0 atom stereocenters. The third-order valence-electron chi connectivity index (χ3n) is 3.84. The fourth-order valence-electron chi connectivity index (χ4n) is 2.84. The van der Waals surface area contributed by atoms with Gasteiger partial charge in [0.25, 0.3) is 0 Å². The highest BCUT2D eigenvalue weighted by molar-refractivity contribution is 5.40. The Labute approximate surface area is 103 Å². The molecule has 0 saturated carbocycles. The van der Waals surface area contributed by atoms with E-state index >= 15 is 0 Å². The largest absolute Gasteiger partial charge is 0.416 e. The lowest BCUT2D eigenvalue weighted by molar-refractivity contribution is -0.137. The zero-order valence-electron chi connectivity index (χ0n) is 9.81. The molecule has 2 nitrogen and oxygen atoms in total. The van der Waals surface area contributed by atoms with Gasteiger partial charge in [0.1, 0.15) is 0 Å². The lowest BCUT2D eigenvalue weighted by Crippen LogP contribution is -2.39. The molecule has 2 aliphatic heterocycles. The molecule has 98 valence electrons. The number of nitrogens with one attached hydrogen (secondary N) is 1. The van der Waals surface area contributed by atoms with Crippen LogP contribution in [-0.2, 0) is 23.1 Å². The molecule has 0 unspecified atom stereocenters. The fraction of sp³-hybridized carbons (Fsp3) is 0.538. The zero-order chi connectivity index (χ0) is 12.8. The predicted molar refractivity (Wildman–Crippen MR) is 60.0 cm³/mol. The molecule has 2 aliphatic rings. The minimum atomic E-state index is -4.29. The molecule has 1 aromatic rings. The van der Waals surface area contributed by atoms with E-state index in [4.69, 9.17) is 4.74 Å². The molecule has 0 bridgehead atoms. The third-order valence-corrected chi connectivity index (χ3v) is 3.84. The standard InChI is InChI=1S/C13H14F3NO/c14-13(15,16)10-2-1-9-8-18-12(11(9)7-10)3-5-17-6-4-12/h1-2,7,17H,3-6,8H2. The number of piperidine rings is 1. The van der Waals surface area contributed by atoms with Gasteiger partial charge in [0, 0.05) is 0 Å². The Morgan fingerprint density at radius 1 is 1.17 bits per heavy atom. The van der Waals surface area contributed by atoms with Crippen molar-refractivity contribution in [2.45, 2.75) is 31.2 Å². The maximum absolute atomic E-state index is 12.8. The van der Waals surface area contributed by atoms with Crippen molar-refractivity contribution in [1.82, 2.24) is 5.32 Å². The molecule has 0 aromatic heterocycles. The molecular weight excluding hydrogens is 243 g/mol. The Hall–Kier alpha value is -1.07. The molecule has 0 aliphatic carbocycles. The first-order valence-corrected chi connectivity index (χ1v) is 6.07. The SMILES string of the molecule is FC(F)(F)c1ccc2c(c1)C1(CCNCC1)OC2. The Morgan fingerprint density at radius 2 is 1.89 bits per heavy atom. The van der Waals surface area contributed by atoms with E-state index in [0.717, 1.165) is 43.1 Å². The molecule has 1 fully saturated rings. The van der Waals surface area contributed by atoms with Gasteiger partial charge in [-0.05, 0) is 49.2 Å². The molecule has 0 radical (unpaired) electrons. The van der Waals surface area contributed by atoms with Crippen molar-refractivity contribution in [3.05, 3.63) is 34.9 Å². The number of rotatable bonds is 0. The van der Waals surface area contributed by atoms with Crippen molar-refractivity contribution in [3.8, 4) is 0 Å². The van der Waals surface area contributed by atoms with Gasteiger partial charge in [0.15, 0.2) is 0 Å². The summed E-state index contributed by atoms with van der Waals surface area (Å²) in [5, 5.41) is 3.21. The van der Waals surface area contributed by atoms with Crippen molar-refractivity contribution in [2.75, 3.05) is 13.1 Å². The maximum Gasteiger partial charge on any atom is 0.416 e. The van der Waals surface area contributed by atoms with E-state index in [9.17, 15) is 13.2 Å². The Balaban J connectivity index is 2.04. The van der Waals surface area contributed by atoms with Gasteiger partial charge in [-0.15, -0.1) is 0 Å². The van der Waals surface area contributed by atoms with Crippen LogP contribution in [0.5, 0.6) is 0 Å². The molecule has 18 heavy (non-hydrogen) atoms. The van der Waals surface area contributed by atoms with Crippen LogP contribution in [0.15, 0.2) is 18.2 Å². The summed E-state index contributed by atoms with van der Waals surface area (Å²) in [6.45, 7) is 2.00. The highest BCUT2D eigenvalue weighted by Gasteiger charge is 2.42. The minimum Gasteiger partial charge on any atom is -0.365 e. The molecule has 5 heteroatoms. The lowest BCUT2D eigenvalue weighted by atomic mass is 9.83. The topological polar surface area (TPSA) is 21.3 Å². The number of benzene rings is 1. The highest BCUT2D eigenvalue weighted by atomic mass is 19.4. The van der Waals surface area contributed by atoms with Crippen molar-refractivity contribution >= 4 is 0 Å². The van der Waals surface area contributed by atoms with Crippen molar-refractivity contribution in [1.29, 1.82) is 0 Å². The molecular formula is C13H14F3NO. The summed E-state index contributed by atoms with van der Waals surface area (Å²) in [4.78, 5) is 0. The van der Waals surface area contributed by atoms with E-state index in [0.29, 0.717) is 6.61 Å². The van der Waals surface area contributed by atoms with E-state index in [1.807, 2.05) is 0 Å². The van der Waals surface area contributed by atoms with Crippen LogP contribution in [0.1, 0.15) is 29.5 Å². The van der Waals surface area contributed by atoms with Gasteiger partial charge in [0.05, 0.1) is 17.8 Å². The van der Waals surface area contributed by atoms with Crippen LogP contribution in [0.3, 0.4) is 0 Å². The predicted octanol–water partition coefficient (Wildman–Crippen LogP) is 2.81. The zero-order valence-corrected chi connectivity index (χ0v) is 9.81. The first-order chi connectivity index (χ1) is 8.51. The van der Waals surface area contributed by atoms with Crippen LogP contribution in [0.25, 0.3) is 0 Å². The lowest BCUT2D eigenvalue weighted by Gasteiger charge is -2.34. The highest BCUT2D eigenvalue weighted by Crippen LogP contribution is 2.44. The van der Waals surface area contributed by atoms with Crippen LogP contribution < -0.4 is 5.32 Å². The average molecular weight is 257 g/mol. The summed E-state index contributed by atoms with van der Waals surface area (Å²) in [5.41, 5.74) is 0.551. The average Bonchev–Trinajstić information content (AvgIpc) is 2.68. The monoisotopic (exact) mass is 257 g/mol. The second-order valence-electron chi connectivity index (χ2n) is 4.90. The quantitative estimate of drug-likeness (QED) is 0.771.